The molecule has 2 amide bonds. The van der Waals surface area contributed by atoms with Crippen LogP contribution >= 0.6 is 0 Å². The van der Waals surface area contributed by atoms with Gasteiger partial charge in [0.15, 0.2) is 0 Å². The van der Waals surface area contributed by atoms with E-state index in [9.17, 15) is 4.79 Å². The highest BCUT2D eigenvalue weighted by Gasteiger charge is 2.69. The van der Waals surface area contributed by atoms with Crippen LogP contribution in [0.3, 0.4) is 0 Å². The van der Waals surface area contributed by atoms with E-state index in [1.54, 1.807) is 0 Å². The molecule has 16 heavy (non-hydrogen) atoms. The SMILES string of the molecule is O=C(Nc1ccccc1)N1C2C3CC(C3)C21. The molecule has 1 aromatic carbocycles. The van der Waals surface area contributed by atoms with Gasteiger partial charge in [-0.3, -0.25) is 0 Å². The molecule has 82 valence electrons. The zero-order chi connectivity index (χ0) is 10.7. The van der Waals surface area contributed by atoms with Gasteiger partial charge >= 0.3 is 6.03 Å². The number of hydrogen-bond donors (Lipinski definition) is 1. The van der Waals surface area contributed by atoms with Gasteiger partial charge in [0.25, 0.3) is 0 Å². The molecule has 1 heterocycles. The summed E-state index contributed by atoms with van der Waals surface area (Å²) in [6.45, 7) is 0. The minimum absolute atomic E-state index is 0.0931. The molecule has 4 aliphatic rings. The van der Waals surface area contributed by atoms with E-state index >= 15 is 0 Å². The van der Waals surface area contributed by atoms with Gasteiger partial charge in [0.2, 0.25) is 0 Å². The van der Waals surface area contributed by atoms with Crippen LogP contribution in [0.25, 0.3) is 0 Å². The van der Waals surface area contributed by atoms with Crippen LogP contribution in [0.4, 0.5) is 10.5 Å². The number of rotatable bonds is 1. The Balaban J connectivity index is 1.45. The third kappa shape index (κ3) is 1.01. The van der Waals surface area contributed by atoms with Gasteiger partial charge in [-0.25, -0.2) is 4.79 Å². The number of para-hydroxylation sites is 1. The quantitative estimate of drug-likeness (QED) is 0.715. The first-order chi connectivity index (χ1) is 7.84. The van der Waals surface area contributed by atoms with Gasteiger partial charge in [0, 0.05) is 5.69 Å². The number of benzene rings is 1. The van der Waals surface area contributed by atoms with Gasteiger partial charge < -0.3 is 10.2 Å². The van der Waals surface area contributed by atoms with Crippen LogP contribution in [0.5, 0.6) is 0 Å². The number of piperidine rings is 2. The topological polar surface area (TPSA) is 32.1 Å². The Morgan fingerprint density at radius 3 is 2.38 bits per heavy atom. The predicted molar refractivity (Wildman–Crippen MR) is 61.1 cm³/mol. The zero-order valence-electron chi connectivity index (χ0n) is 8.97. The summed E-state index contributed by atoms with van der Waals surface area (Å²) in [7, 11) is 0. The van der Waals surface area contributed by atoms with Crippen LogP contribution < -0.4 is 5.32 Å². The molecule has 2 unspecified atom stereocenters. The van der Waals surface area contributed by atoms with Crippen molar-refractivity contribution in [1.82, 2.24) is 4.90 Å². The van der Waals surface area contributed by atoms with E-state index < -0.39 is 0 Å². The molecular formula is C13H14N2O. The first-order valence-corrected chi connectivity index (χ1v) is 5.99. The van der Waals surface area contributed by atoms with Crippen molar-refractivity contribution >= 4 is 11.7 Å². The monoisotopic (exact) mass is 214 g/mol. The highest BCUT2D eigenvalue weighted by Crippen LogP contribution is 2.62. The lowest BCUT2D eigenvalue weighted by molar-refractivity contribution is 0.178. The number of likely N-dealkylation sites (tertiary alicyclic amines) is 1. The molecule has 4 fully saturated rings. The number of nitrogens with one attached hydrogen (secondary N) is 1. The van der Waals surface area contributed by atoms with Gasteiger partial charge in [0.05, 0.1) is 12.1 Å². The van der Waals surface area contributed by atoms with E-state index in [2.05, 4.69) is 5.32 Å². The van der Waals surface area contributed by atoms with Crippen LogP contribution in [0.15, 0.2) is 30.3 Å². The third-order valence-electron chi connectivity index (χ3n) is 4.34. The number of anilines is 1. The number of amides is 2. The molecule has 1 N–H and O–H groups in total. The second-order valence-electron chi connectivity index (χ2n) is 5.18. The maximum absolute atomic E-state index is 12.0. The average molecular weight is 214 g/mol. The first kappa shape index (κ1) is 8.62. The summed E-state index contributed by atoms with van der Waals surface area (Å²) >= 11 is 0. The summed E-state index contributed by atoms with van der Waals surface area (Å²) in [6, 6.07) is 10.9. The smallest absolute Gasteiger partial charge is 0.314 e. The van der Waals surface area contributed by atoms with E-state index in [0.717, 1.165) is 17.5 Å². The Hall–Kier alpha value is -1.51. The fourth-order valence-corrected chi connectivity index (χ4v) is 3.53. The summed E-state index contributed by atoms with van der Waals surface area (Å²) in [5.41, 5.74) is 0.895. The van der Waals surface area contributed by atoms with Crippen LogP contribution in [0, 0.1) is 11.8 Å². The molecule has 3 saturated carbocycles. The highest BCUT2D eigenvalue weighted by atomic mass is 16.2. The maximum atomic E-state index is 12.0. The van der Waals surface area contributed by atoms with Crippen molar-refractivity contribution in [3.8, 4) is 0 Å². The summed E-state index contributed by atoms with van der Waals surface area (Å²) in [5.74, 6) is 1.63. The number of carbonyl (C=O) groups excluding carboxylic acids is 1. The molecule has 2 bridgehead atoms. The third-order valence-corrected chi connectivity index (χ3v) is 4.34. The van der Waals surface area contributed by atoms with Crippen LogP contribution in [0.1, 0.15) is 12.8 Å². The molecule has 3 nitrogen and oxygen atoms in total. The zero-order valence-corrected chi connectivity index (χ0v) is 8.97. The highest BCUT2D eigenvalue weighted by molar-refractivity contribution is 5.92. The van der Waals surface area contributed by atoms with E-state index in [0.29, 0.717) is 12.1 Å². The Morgan fingerprint density at radius 2 is 1.75 bits per heavy atom. The number of hydrogen-bond acceptors (Lipinski definition) is 1. The Kier molecular flexibility index (Phi) is 1.50. The van der Waals surface area contributed by atoms with E-state index in [1.807, 2.05) is 35.2 Å². The average Bonchev–Trinajstić information content (AvgIpc) is 2.69. The Morgan fingerprint density at radius 1 is 1.12 bits per heavy atom. The van der Waals surface area contributed by atoms with Crippen molar-refractivity contribution in [1.29, 1.82) is 0 Å². The lowest BCUT2D eigenvalue weighted by Gasteiger charge is -2.30. The molecule has 0 radical (unpaired) electrons. The maximum Gasteiger partial charge on any atom is 0.322 e. The molecule has 0 spiro atoms. The molecule has 3 heteroatoms. The molecule has 2 atom stereocenters. The summed E-state index contributed by atoms with van der Waals surface area (Å²) in [5, 5.41) is 2.96. The number of carbonyl (C=O) groups is 1. The van der Waals surface area contributed by atoms with E-state index in [-0.39, 0.29) is 6.03 Å². The van der Waals surface area contributed by atoms with Gasteiger partial charge in [-0.05, 0) is 36.8 Å². The minimum atomic E-state index is 0.0931. The van der Waals surface area contributed by atoms with Crippen LogP contribution in [-0.2, 0) is 0 Å². The van der Waals surface area contributed by atoms with Crippen molar-refractivity contribution in [2.75, 3.05) is 5.32 Å². The number of urea groups is 1. The standard InChI is InChI=1S/C13H14N2O/c16-13(14-10-4-2-1-3-5-10)15-11-8-6-9(7-8)12(11)15/h1-5,8-9,11-12H,6-7H2,(H,14,16). The van der Waals surface area contributed by atoms with Crippen molar-refractivity contribution in [2.24, 2.45) is 11.8 Å². The molecule has 3 aliphatic carbocycles. The van der Waals surface area contributed by atoms with Crippen LogP contribution in [0.2, 0.25) is 0 Å². The number of nitrogens with zero attached hydrogens (tertiary/aromatic N) is 1. The van der Waals surface area contributed by atoms with E-state index in [4.69, 9.17) is 0 Å². The lowest BCUT2D eigenvalue weighted by Crippen LogP contribution is -2.33. The molecule has 0 aromatic heterocycles. The largest absolute Gasteiger partial charge is 0.322 e. The predicted octanol–water partition coefficient (Wildman–Crippen LogP) is 2.31. The van der Waals surface area contributed by atoms with Crippen molar-refractivity contribution < 1.29 is 4.79 Å². The van der Waals surface area contributed by atoms with Crippen molar-refractivity contribution in [3.63, 3.8) is 0 Å². The molecule has 1 aromatic rings. The molecule has 1 aliphatic heterocycles. The minimum Gasteiger partial charge on any atom is -0.314 e. The summed E-state index contributed by atoms with van der Waals surface area (Å²) in [4.78, 5) is 14.0. The Labute approximate surface area is 94.4 Å². The van der Waals surface area contributed by atoms with Gasteiger partial charge in [-0.15, -0.1) is 0 Å². The molecule has 1 saturated heterocycles. The molecule has 5 rings (SSSR count). The van der Waals surface area contributed by atoms with Crippen molar-refractivity contribution in [3.05, 3.63) is 30.3 Å². The summed E-state index contributed by atoms with van der Waals surface area (Å²) < 4.78 is 0. The lowest BCUT2D eigenvalue weighted by atomic mass is 9.81. The van der Waals surface area contributed by atoms with Gasteiger partial charge in [-0.1, -0.05) is 18.2 Å². The van der Waals surface area contributed by atoms with Crippen molar-refractivity contribution in [2.45, 2.75) is 24.9 Å². The fourth-order valence-electron chi connectivity index (χ4n) is 3.53. The second-order valence-corrected chi connectivity index (χ2v) is 5.18. The van der Waals surface area contributed by atoms with Gasteiger partial charge in [-0.2, -0.15) is 0 Å². The van der Waals surface area contributed by atoms with Crippen LogP contribution in [-0.4, -0.2) is 23.0 Å². The fraction of sp³-hybridized carbons (Fsp3) is 0.462. The molecular weight excluding hydrogens is 200 g/mol. The Bertz CT molecular complexity index is 425. The van der Waals surface area contributed by atoms with Gasteiger partial charge in [0.1, 0.15) is 0 Å². The normalized spacial score (nSPS) is 37.6. The second kappa shape index (κ2) is 2.78. The summed E-state index contributed by atoms with van der Waals surface area (Å²) in [6.07, 6.45) is 2.73. The first-order valence-electron chi connectivity index (χ1n) is 5.99. The van der Waals surface area contributed by atoms with E-state index in [1.165, 1.54) is 12.8 Å².